The molecule has 3 aromatic carbocycles. The lowest BCUT2D eigenvalue weighted by molar-refractivity contribution is -0.146. The van der Waals surface area contributed by atoms with Crippen LogP contribution in [-0.2, 0) is 27.2 Å². The van der Waals surface area contributed by atoms with Crippen molar-refractivity contribution in [3.8, 4) is 11.1 Å². The zero-order chi connectivity index (χ0) is 31.4. The van der Waals surface area contributed by atoms with Gasteiger partial charge in [0.2, 0.25) is 17.7 Å². The third-order valence-electron chi connectivity index (χ3n) is 7.33. The van der Waals surface area contributed by atoms with Crippen molar-refractivity contribution in [3.05, 3.63) is 108 Å². The Bertz CT molecular complexity index is 1350. The molecule has 0 aliphatic rings. The van der Waals surface area contributed by atoms with Gasteiger partial charge in [-0.2, -0.15) is 0 Å². The first-order valence-corrected chi connectivity index (χ1v) is 14.6. The van der Waals surface area contributed by atoms with Crippen LogP contribution in [0.5, 0.6) is 0 Å². The lowest BCUT2D eigenvalue weighted by atomic mass is 9.98. The predicted molar refractivity (Wildman–Crippen MR) is 173 cm³/mol. The molecule has 3 rings (SSSR count). The Morgan fingerprint density at radius 2 is 1.33 bits per heavy atom. The minimum Gasteiger partial charge on any atom is -0.353 e. The van der Waals surface area contributed by atoms with Crippen LogP contribution in [0.4, 0.5) is 0 Å². The van der Waals surface area contributed by atoms with Crippen molar-refractivity contribution in [3.63, 3.8) is 0 Å². The molecule has 0 fully saturated rings. The summed E-state index contributed by atoms with van der Waals surface area (Å²) in [5.74, 6) is -0.946. The van der Waals surface area contributed by atoms with Crippen molar-refractivity contribution in [2.75, 3.05) is 27.2 Å². The number of benzene rings is 3. The molecule has 3 amide bonds. The van der Waals surface area contributed by atoms with E-state index in [4.69, 9.17) is 11.5 Å². The van der Waals surface area contributed by atoms with Gasteiger partial charge in [-0.05, 0) is 48.6 Å². The first kappa shape index (κ1) is 33.2. The molecule has 0 spiro atoms. The molecule has 228 valence electrons. The van der Waals surface area contributed by atoms with Gasteiger partial charge in [-0.1, -0.05) is 91.0 Å². The normalized spacial score (nSPS) is 12.9. The Hall–Kier alpha value is -4.27. The van der Waals surface area contributed by atoms with Crippen LogP contribution in [0, 0.1) is 0 Å². The smallest absolute Gasteiger partial charge is 0.246 e. The van der Waals surface area contributed by atoms with Crippen molar-refractivity contribution >= 4 is 17.7 Å². The topological polar surface area (TPSA) is 122 Å². The molecule has 0 aliphatic carbocycles. The van der Waals surface area contributed by atoms with Gasteiger partial charge in [0.15, 0.2) is 0 Å². The molecule has 0 heterocycles. The minimum absolute atomic E-state index is 0.277. The van der Waals surface area contributed by atoms with Gasteiger partial charge in [0.25, 0.3) is 0 Å². The lowest BCUT2D eigenvalue weighted by Crippen LogP contribution is -2.56. The van der Waals surface area contributed by atoms with E-state index in [2.05, 4.69) is 5.32 Å². The Balaban J connectivity index is 1.91. The molecular weight excluding hydrogens is 538 g/mol. The standard InChI is InChI=1S/C35H45N5O3/c1-35(2,37)21-11-16-32(41)39(3)31(25-27-17-19-29(20-18-27)28-14-9-6-10-15-28)34(43)40(4)30(33(42)38-23-22-36)24-26-12-7-5-8-13-26/h5-20,30-31H,21-25,36-37H2,1-4H3,(H,38,42)/b16-11+/t30-,31-/m0/s1. The average Bonchev–Trinajstić information content (AvgIpc) is 3.01. The van der Waals surface area contributed by atoms with Crippen LogP contribution < -0.4 is 16.8 Å². The van der Waals surface area contributed by atoms with Gasteiger partial charge in [-0.3, -0.25) is 14.4 Å². The summed E-state index contributed by atoms with van der Waals surface area (Å²) in [7, 11) is 3.24. The van der Waals surface area contributed by atoms with Gasteiger partial charge in [0.1, 0.15) is 12.1 Å². The number of nitrogens with one attached hydrogen (secondary N) is 1. The summed E-state index contributed by atoms with van der Waals surface area (Å²) < 4.78 is 0. The summed E-state index contributed by atoms with van der Waals surface area (Å²) in [6.07, 6.45) is 4.30. The third kappa shape index (κ3) is 10.2. The van der Waals surface area contributed by atoms with E-state index in [1.54, 1.807) is 20.2 Å². The number of amides is 3. The molecule has 0 aliphatic heterocycles. The average molecular weight is 584 g/mol. The second-order valence-electron chi connectivity index (χ2n) is 11.6. The monoisotopic (exact) mass is 583 g/mol. The quantitative estimate of drug-likeness (QED) is 0.251. The van der Waals surface area contributed by atoms with Gasteiger partial charge in [0, 0.05) is 45.6 Å². The van der Waals surface area contributed by atoms with Gasteiger partial charge in [0.05, 0.1) is 0 Å². The van der Waals surface area contributed by atoms with Crippen molar-refractivity contribution in [1.82, 2.24) is 15.1 Å². The summed E-state index contributed by atoms with van der Waals surface area (Å²) in [4.78, 5) is 43.7. The molecular formula is C35H45N5O3. The molecule has 3 aromatic rings. The Morgan fingerprint density at radius 3 is 1.91 bits per heavy atom. The number of nitrogens with zero attached hydrogens (tertiary/aromatic N) is 2. The van der Waals surface area contributed by atoms with E-state index < -0.39 is 17.6 Å². The molecule has 43 heavy (non-hydrogen) atoms. The van der Waals surface area contributed by atoms with Crippen molar-refractivity contribution < 1.29 is 14.4 Å². The second kappa shape index (κ2) is 15.8. The number of carbonyl (C=O) groups is 3. The Morgan fingerprint density at radius 1 is 0.791 bits per heavy atom. The molecule has 0 unspecified atom stereocenters. The summed E-state index contributed by atoms with van der Waals surface area (Å²) in [6.45, 7) is 4.35. The summed E-state index contributed by atoms with van der Waals surface area (Å²) in [6, 6.07) is 25.9. The summed E-state index contributed by atoms with van der Waals surface area (Å²) in [5, 5.41) is 2.83. The first-order chi connectivity index (χ1) is 20.5. The van der Waals surface area contributed by atoms with Crippen molar-refractivity contribution in [2.24, 2.45) is 11.5 Å². The molecule has 0 radical (unpaired) electrons. The van der Waals surface area contributed by atoms with E-state index in [-0.39, 0.29) is 30.7 Å². The number of hydrogen-bond acceptors (Lipinski definition) is 5. The van der Waals surface area contributed by atoms with Gasteiger partial charge < -0.3 is 26.6 Å². The predicted octanol–water partition coefficient (Wildman–Crippen LogP) is 3.55. The van der Waals surface area contributed by atoms with Crippen LogP contribution in [0.2, 0.25) is 0 Å². The largest absolute Gasteiger partial charge is 0.353 e. The highest BCUT2D eigenvalue weighted by atomic mass is 16.2. The van der Waals surface area contributed by atoms with E-state index in [0.717, 1.165) is 22.3 Å². The van der Waals surface area contributed by atoms with E-state index >= 15 is 0 Å². The maximum Gasteiger partial charge on any atom is 0.246 e. The highest BCUT2D eigenvalue weighted by Crippen LogP contribution is 2.21. The number of likely N-dealkylation sites (N-methyl/N-ethyl adjacent to an activating group) is 2. The lowest BCUT2D eigenvalue weighted by Gasteiger charge is -2.34. The van der Waals surface area contributed by atoms with E-state index in [1.807, 2.05) is 98.8 Å². The SMILES string of the molecule is CN(C(=O)/C=C/CC(C)(C)N)[C@@H](Cc1ccc(-c2ccccc2)cc1)C(=O)N(C)[C@@H](Cc1ccccc1)C(=O)NCCN. The zero-order valence-corrected chi connectivity index (χ0v) is 25.7. The maximum absolute atomic E-state index is 14.2. The molecule has 0 aromatic heterocycles. The van der Waals surface area contributed by atoms with E-state index in [1.165, 1.54) is 15.9 Å². The highest BCUT2D eigenvalue weighted by Gasteiger charge is 2.34. The molecule has 5 N–H and O–H groups in total. The second-order valence-corrected chi connectivity index (χ2v) is 11.6. The van der Waals surface area contributed by atoms with Crippen molar-refractivity contribution in [2.45, 2.75) is 50.7 Å². The number of rotatable bonds is 14. The maximum atomic E-state index is 14.2. The Kier molecular flexibility index (Phi) is 12.2. The van der Waals surface area contributed by atoms with E-state index in [0.29, 0.717) is 19.4 Å². The van der Waals surface area contributed by atoms with Crippen LogP contribution in [0.25, 0.3) is 11.1 Å². The molecule has 0 saturated heterocycles. The van der Waals surface area contributed by atoms with Crippen LogP contribution in [0.1, 0.15) is 31.4 Å². The highest BCUT2D eigenvalue weighted by molar-refractivity contribution is 5.95. The summed E-state index contributed by atoms with van der Waals surface area (Å²) in [5.41, 5.74) is 15.2. The third-order valence-corrected chi connectivity index (χ3v) is 7.33. The molecule has 0 bridgehead atoms. The fourth-order valence-electron chi connectivity index (χ4n) is 4.76. The van der Waals surface area contributed by atoms with Crippen molar-refractivity contribution in [1.29, 1.82) is 0 Å². The van der Waals surface area contributed by atoms with Crippen LogP contribution >= 0.6 is 0 Å². The molecule has 2 atom stereocenters. The molecule has 0 saturated carbocycles. The van der Waals surface area contributed by atoms with Gasteiger partial charge in [-0.25, -0.2) is 0 Å². The number of nitrogens with two attached hydrogens (primary N) is 2. The molecule has 8 heteroatoms. The number of carbonyl (C=O) groups excluding carboxylic acids is 3. The van der Waals surface area contributed by atoms with E-state index in [9.17, 15) is 14.4 Å². The Labute approximate surface area is 255 Å². The fourth-order valence-corrected chi connectivity index (χ4v) is 4.76. The number of hydrogen-bond donors (Lipinski definition) is 3. The molecule has 8 nitrogen and oxygen atoms in total. The van der Waals surface area contributed by atoms with Crippen LogP contribution in [-0.4, -0.2) is 72.3 Å². The summed E-state index contributed by atoms with van der Waals surface area (Å²) >= 11 is 0. The minimum atomic E-state index is -0.851. The van der Waals surface area contributed by atoms with Crippen LogP contribution in [0.15, 0.2) is 97.1 Å². The first-order valence-electron chi connectivity index (χ1n) is 14.6. The van der Waals surface area contributed by atoms with Crippen LogP contribution in [0.3, 0.4) is 0 Å². The van der Waals surface area contributed by atoms with Gasteiger partial charge in [-0.15, -0.1) is 0 Å². The van der Waals surface area contributed by atoms with Gasteiger partial charge >= 0.3 is 0 Å². The fraction of sp³-hybridized carbons (Fsp3) is 0.343. The zero-order valence-electron chi connectivity index (χ0n) is 25.7.